The van der Waals surface area contributed by atoms with E-state index < -0.39 is 5.66 Å². The summed E-state index contributed by atoms with van der Waals surface area (Å²) in [6.07, 6.45) is 4.38. The van der Waals surface area contributed by atoms with Crippen LogP contribution in [0.25, 0.3) is 0 Å². The molecule has 3 N–H and O–H groups in total. The third-order valence-corrected chi connectivity index (χ3v) is 8.95. The van der Waals surface area contributed by atoms with E-state index in [1.165, 1.54) is 0 Å². The summed E-state index contributed by atoms with van der Waals surface area (Å²) in [6, 6.07) is 20.9. The molecular weight excluding hydrogens is 559 g/mol. The van der Waals surface area contributed by atoms with Crippen molar-refractivity contribution in [3.05, 3.63) is 93.5 Å². The average Bonchev–Trinajstić information content (AvgIpc) is 3.67. The predicted molar refractivity (Wildman–Crippen MR) is 162 cm³/mol. The first-order valence-corrected chi connectivity index (χ1v) is 15.1. The molecule has 1 aliphatic carbocycles. The highest BCUT2D eigenvalue weighted by Gasteiger charge is 2.54. The first-order chi connectivity index (χ1) is 20.0. The van der Waals surface area contributed by atoms with E-state index in [0.29, 0.717) is 34.6 Å². The van der Waals surface area contributed by atoms with Gasteiger partial charge in [0.25, 0.3) is 5.91 Å². The minimum absolute atomic E-state index is 0.0316. The minimum atomic E-state index is -1.26. The summed E-state index contributed by atoms with van der Waals surface area (Å²) in [4.78, 5) is 16.7. The Morgan fingerprint density at radius 2 is 1.41 bits per heavy atom. The van der Waals surface area contributed by atoms with E-state index >= 15 is 0 Å². The fraction of sp³-hybridized carbons (Fsp3) is 0.406. The predicted octanol–water partition coefficient (Wildman–Crippen LogP) is 5.58. The maximum absolute atomic E-state index is 14.8. The fourth-order valence-corrected chi connectivity index (χ4v) is 6.54. The van der Waals surface area contributed by atoms with E-state index in [-0.39, 0.29) is 24.1 Å². The van der Waals surface area contributed by atoms with E-state index in [2.05, 4.69) is 16.0 Å². The molecule has 2 saturated heterocycles. The molecule has 6 rings (SSSR count). The molecule has 9 heteroatoms. The second kappa shape index (κ2) is 12.2. The van der Waals surface area contributed by atoms with Crippen LogP contribution in [0.15, 0.2) is 66.7 Å². The fourth-order valence-electron chi connectivity index (χ4n) is 6.29. The van der Waals surface area contributed by atoms with Gasteiger partial charge in [-0.3, -0.25) is 15.4 Å². The number of hydrogen-bond acceptors (Lipinski definition) is 6. The summed E-state index contributed by atoms with van der Waals surface area (Å²) in [6.45, 7) is 2.74. The standard InChI is InChI=1S/C32H36Cl2N4O3/c1-40-26-14-15-27(28(20-26)41-25-4-2-3-5-25)32(31(39)38-18-16-35-17-19-38)36-29(21-6-10-23(33)11-7-21)30(37-32)22-8-12-24(34)13-9-22/h6-15,20,25,29-30,35-37H,2-5,16-19H2,1H3. The van der Waals surface area contributed by atoms with Crippen molar-refractivity contribution in [2.45, 2.75) is 49.5 Å². The van der Waals surface area contributed by atoms with Gasteiger partial charge in [-0.1, -0.05) is 47.5 Å². The summed E-state index contributed by atoms with van der Waals surface area (Å²) >= 11 is 12.6. The molecule has 3 aromatic rings. The molecule has 1 saturated carbocycles. The summed E-state index contributed by atoms with van der Waals surface area (Å²) < 4.78 is 12.3. The number of carbonyl (C=O) groups excluding carboxylic acids is 1. The lowest BCUT2D eigenvalue weighted by Crippen LogP contribution is -2.61. The zero-order valence-electron chi connectivity index (χ0n) is 23.2. The minimum Gasteiger partial charge on any atom is -0.497 e. The lowest BCUT2D eigenvalue weighted by Gasteiger charge is -2.38. The number of carbonyl (C=O) groups is 1. The van der Waals surface area contributed by atoms with E-state index in [1.54, 1.807) is 7.11 Å². The Balaban J connectivity index is 1.50. The van der Waals surface area contributed by atoms with Gasteiger partial charge < -0.3 is 19.7 Å². The first-order valence-electron chi connectivity index (χ1n) is 14.4. The summed E-state index contributed by atoms with van der Waals surface area (Å²) in [5.74, 6) is 1.32. The van der Waals surface area contributed by atoms with Crippen LogP contribution in [0.2, 0.25) is 10.0 Å². The van der Waals surface area contributed by atoms with Crippen molar-refractivity contribution in [3.63, 3.8) is 0 Å². The highest BCUT2D eigenvalue weighted by molar-refractivity contribution is 6.30. The van der Waals surface area contributed by atoms with Gasteiger partial charge in [-0.15, -0.1) is 0 Å². The lowest BCUT2D eigenvalue weighted by molar-refractivity contribution is -0.140. The number of piperazine rings is 1. The molecule has 3 aliphatic rings. The molecule has 3 fully saturated rings. The largest absolute Gasteiger partial charge is 0.497 e. The number of halogens is 2. The van der Waals surface area contributed by atoms with Gasteiger partial charge in [-0.2, -0.15) is 0 Å². The van der Waals surface area contributed by atoms with Crippen molar-refractivity contribution >= 4 is 29.1 Å². The third kappa shape index (κ3) is 5.79. The Morgan fingerprint density at radius 3 is 1.95 bits per heavy atom. The Kier molecular flexibility index (Phi) is 8.42. The molecule has 0 bridgehead atoms. The molecule has 1 amide bonds. The van der Waals surface area contributed by atoms with Gasteiger partial charge in [0, 0.05) is 47.9 Å². The molecule has 0 spiro atoms. The van der Waals surface area contributed by atoms with E-state index in [4.69, 9.17) is 32.7 Å². The Bertz CT molecular complexity index is 1300. The van der Waals surface area contributed by atoms with Crippen molar-refractivity contribution in [3.8, 4) is 11.5 Å². The smallest absolute Gasteiger partial charge is 0.262 e. The molecule has 2 atom stereocenters. The normalized spacial score (nSPS) is 24.9. The van der Waals surface area contributed by atoms with Crippen LogP contribution in [0.3, 0.4) is 0 Å². The molecule has 41 heavy (non-hydrogen) atoms. The van der Waals surface area contributed by atoms with Gasteiger partial charge in [0.15, 0.2) is 5.66 Å². The van der Waals surface area contributed by atoms with Gasteiger partial charge in [0.1, 0.15) is 11.5 Å². The number of methoxy groups -OCH3 is 1. The molecule has 2 aliphatic heterocycles. The number of benzene rings is 3. The van der Waals surface area contributed by atoms with Crippen LogP contribution < -0.4 is 25.4 Å². The van der Waals surface area contributed by atoms with Crippen LogP contribution in [-0.2, 0) is 10.5 Å². The van der Waals surface area contributed by atoms with Crippen LogP contribution in [0, 0.1) is 0 Å². The van der Waals surface area contributed by atoms with E-state index in [0.717, 1.165) is 55.5 Å². The Hall–Kier alpha value is -2.81. The molecular formula is C32H36Cl2N4O3. The molecule has 3 aromatic carbocycles. The van der Waals surface area contributed by atoms with Crippen LogP contribution in [0.4, 0.5) is 0 Å². The monoisotopic (exact) mass is 594 g/mol. The summed E-state index contributed by atoms with van der Waals surface area (Å²) in [7, 11) is 1.65. The van der Waals surface area contributed by atoms with Crippen LogP contribution >= 0.6 is 23.2 Å². The number of rotatable bonds is 7. The van der Waals surface area contributed by atoms with Gasteiger partial charge in [-0.25, -0.2) is 0 Å². The Labute approximate surface area is 251 Å². The number of amides is 1. The highest BCUT2D eigenvalue weighted by Crippen LogP contribution is 2.46. The van der Waals surface area contributed by atoms with Crippen LogP contribution in [-0.4, -0.2) is 50.2 Å². The first kappa shape index (κ1) is 28.3. The number of ether oxygens (including phenoxy) is 2. The van der Waals surface area contributed by atoms with Gasteiger partial charge in [-0.05, 0) is 73.2 Å². The lowest BCUT2D eigenvalue weighted by atomic mass is 9.95. The van der Waals surface area contributed by atoms with Crippen molar-refractivity contribution < 1.29 is 14.3 Å². The zero-order valence-corrected chi connectivity index (χ0v) is 24.7. The number of hydrogen-bond donors (Lipinski definition) is 3. The highest BCUT2D eigenvalue weighted by atomic mass is 35.5. The topological polar surface area (TPSA) is 74.9 Å². The van der Waals surface area contributed by atoms with Crippen molar-refractivity contribution in [1.82, 2.24) is 20.9 Å². The maximum Gasteiger partial charge on any atom is 0.262 e. The van der Waals surface area contributed by atoms with Crippen LogP contribution in [0.5, 0.6) is 11.5 Å². The SMILES string of the molecule is COc1ccc(C2(C(=O)N3CCNCC3)NC(c3ccc(Cl)cc3)C(c3ccc(Cl)cc3)N2)c(OC2CCCC2)c1. The summed E-state index contributed by atoms with van der Waals surface area (Å²) in [5, 5.41) is 12.3. The summed E-state index contributed by atoms with van der Waals surface area (Å²) in [5.41, 5.74) is 1.53. The van der Waals surface area contributed by atoms with Crippen molar-refractivity contribution in [1.29, 1.82) is 0 Å². The second-order valence-electron chi connectivity index (χ2n) is 11.0. The van der Waals surface area contributed by atoms with Crippen molar-refractivity contribution in [2.75, 3.05) is 33.3 Å². The molecule has 0 radical (unpaired) electrons. The van der Waals surface area contributed by atoms with Crippen molar-refractivity contribution in [2.24, 2.45) is 0 Å². The maximum atomic E-state index is 14.8. The van der Waals surface area contributed by atoms with E-state index in [1.807, 2.05) is 71.6 Å². The quantitative estimate of drug-likeness (QED) is 0.331. The molecule has 2 heterocycles. The zero-order chi connectivity index (χ0) is 28.4. The van der Waals surface area contributed by atoms with E-state index in [9.17, 15) is 4.79 Å². The Morgan fingerprint density at radius 1 is 0.854 bits per heavy atom. The second-order valence-corrected chi connectivity index (χ2v) is 11.9. The molecule has 2 unspecified atom stereocenters. The average molecular weight is 596 g/mol. The third-order valence-electron chi connectivity index (χ3n) is 8.45. The molecule has 7 nitrogen and oxygen atoms in total. The van der Waals surface area contributed by atoms with Gasteiger partial charge in [0.2, 0.25) is 0 Å². The number of nitrogens with zero attached hydrogens (tertiary/aromatic N) is 1. The van der Waals surface area contributed by atoms with Gasteiger partial charge >= 0.3 is 0 Å². The molecule has 216 valence electrons. The van der Waals surface area contributed by atoms with Crippen LogP contribution in [0.1, 0.15) is 54.5 Å². The molecule has 0 aromatic heterocycles. The van der Waals surface area contributed by atoms with Gasteiger partial charge in [0.05, 0.1) is 25.3 Å². The number of nitrogens with one attached hydrogen (secondary N) is 3.